The number of aromatic amines is 1. The number of aromatic nitrogens is 3. The van der Waals surface area contributed by atoms with Gasteiger partial charge >= 0.3 is 6.09 Å². The Morgan fingerprint density at radius 3 is 2.48 bits per heavy atom. The number of fused-ring (bicyclic) bond motifs is 3. The van der Waals surface area contributed by atoms with E-state index in [4.69, 9.17) is 9.84 Å². The van der Waals surface area contributed by atoms with Crippen molar-refractivity contribution in [2.75, 3.05) is 13.1 Å². The fourth-order valence-corrected chi connectivity index (χ4v) is 4.62. The lowest BCUT2D eigenvalue weighted by molar-refractivity contribution is 0.0203. The summed E-state index contributed by atoms with van der Waals surface area (Å²) in [6.07, 6.45) is 1.22. The van der Waals surface area contributed by atoms with Gasteiger partial charge < -0.3 is 14.6 Å². The molecule has 1 amide bonds. The van der Waals surface area contributed by atoms with Crippen LogP contribution in [0.5, 0.6) is 0 Å². The monoisotopic (exact) mass is 444 g/mol. The van der Waals surface area contributed by atoms with Crippen LogP contribution in [0.4, 0.5) is 4.79 Å². The van der Waals surface area contributed by atoms with Gasteiger partial charge in [0.1, 0.15) is 11.2 Å². The minimum atomic E-state index is -0.515. The van der Waals surface area contributed by atoms with Crippen LogP contribution in [0.25, 0.3) is 27.7 Å². The number of hydrogen-bond donors (Lipinski definition) is 1. The fraction of sp³-hybridized carbons (Fsp3) is 0.346. The predicted molar refractivity (Wildman–Crippen MR) is 129 cm³/mol. The van der Waals surface area contributed by atoms with Gasteiger partial charge in [-0.1, -0.05) is 42.5 Å². The Morgan fingerprint density at radius 1 is 1.06 bits per heavy atom. The first-order chi connectivity index (χ1) is 15.8. The maximum Gasteiger partial charge on any atom is 0.410 e. The maximum absolute atomic E-state index is 12.7. The third-order valence-electron chi connectivity index (χ3n) is 6.11. The molecule has 0 aliphatic carbocycles. The van der Waals surface area contributed by atoms with Crippen molar-refractivity contribution in [2.45, 2.75) is 45.1 Å². The number of benzene rings is 2. The van der Waals surface area contributed by atoms with Crippen LogP contribution in [0.2, 0.25) is 0 Å². The predicted octanol–water partition coefficient (Wildman–Crippen LogP) is 4.96. The first-order valence-electron chi connectivity index (χ1n) is 11.4. The molecule has 0 spiro atoms. The Hall–Kier alpha value is -3.61. The van der Waals surface area contributed by atoms with Crippen LogP contribution < -0.4 is 5.56 Å². The Kier molecular flexibility index (Phi) is 5.19. The molecule has 1 aliphatic heterocycles. The number of rotatable bonds is 2. The van der Waals surface area contributed by atoms with Crippen molar-refractivity contribution in [3.63, 3.8) is 0 Å². The van der Waals surface area contributed by atoms with E-state index in [-0.39, 0.29) is 17.6 Å². The topological polar surface area (TPSA) is 79.7 Å². The van der Waals surface area contributed by atoms with Gasteiger partial charge in [-0.05, 0) is 50.8 Å². The standard InChI is InChI=1S/C26H28N4O3/c1-26(2,3)33-25(32)29-14-12-18(13-15-29)21-16-22(31)27-24-23-19(17-8-5-4-6-9-17)10-7-11-20(23)28-30(21)24/h4-11,16,18H,12-15H2,1-3H3,(H,27,31). The average Bonchev–Trinajstić information content (AvgIpc) is 3.17. The second-order valence-corrected chi connectivity index (χ2v) is 9.63. The zero-order valence-corrected chi connectivity index (χ0v) is 19.2. The number of piperidine rings is 1. The van der Waals surface area contributed by atoms with Crippen LogP contribution in [0, 0.1) is 0 Å². The van der Waals surface area contributed by atoms with Gasteiger partial charge in [-0.25, -0.2) is 9.31 Å². The summed E-state index contributed by atoms with van der Waals surface area (Å²) in [5.41, 5.74) is 3.89. The molecule has 0 atom stereocenters. The van der Waals surface area contributed by atoms with Gasteiger partial charge in [-0.3, -0.25) is 4.79 Å². The molecule has 4 aromatic rings. The highest BCUT2D eigenvalue weighted by atomic mass is 16.6. The third-order valence-corrected chi connectivity index (χ3v) is 6.11. The molecule has 33 heavy (non-hydrogen) atoms. The summed E-state index contributed by atoms with van der Waals surface area (Å²) in [5, 5.41) is 5.80. The molecule has 1 saturated heterocycles. The number of amides is 1. The van der Waals surface area contributed by atoms with Crippen molar-refractivity contribution in [1.29, 1.82) is 0 Å². The molecule has 7 nitrogen and oxygen atoms in total. The van der Waals surface area contributed by atoms with Gasteiger partial charge in [-0.15, -0.1) is 0 Å². The molecule has 7 heteroatoms. The van der Waals surface area contributed by atoms with E-state index in [2.05, 4.69) is 23.2 Å². The highest BCUT2D eigenvalue weighted by Gasteiger charge is 2.29. The molecule has 170 valence electrons. The number of ether oxygens (including phenoxy) is 1. The Labute approximate surface area is 192 Å². The minimum Gasteiger partial charge on any atom is -0.444 e. The minimum absolute atomic E-state index is 0.128. The maximum atomic E-state index is 12.7. The number of H-pyrrole nitrogens is 1. The first kappa shape index (κ1) is 21.2. The zero-order chi connectivity index (χ0) is 23.2. The summed E-state index contributed by atoms with van der Waals surface area (Å²) in [6, 6.07) is 17.8. The lowest BCUT2D eigenvalue weighted by Crippen LogP contribution is -2.41. The summed E-state index contributed by atoms with van der Waals surface area (Å²) in [6.45, 7) is 6.79. The summed E-state index contributed by atoms with van der Waals surface area (Å²) >= 11 is 0. The Bertz CT molecular complexity index is 1370. The molecule has 5 rings (SSSR count). The average molecular weight is 445 g/mol. The molecule has 0 saturated carbocycles. The second kappa shape index (κ2) is 8.06. The van der Waals surface area contributed by atoms with Gasteiger partial charge in [0.25, 0.3) is 5.56 Å². The van der Waals surface area contributed by atoms with Crippen LogP contribution in [0.15, 0.2) is 59.4 Å². The molecule has 1 fully saturated rings. The summed E-state index contributed by atoms with van der Waals surface area (Å²) in [4.78, 5) is 29.9. The van der Waals surface area contributed by atoms with Crippen molar-refractivity contribution in [3.05, 3.63) is 70.6 Å². The van der Waals surface area contributed by atoms with Gasteiger partial charge in [0, 0.05) is 25.1 Å². The van der Waals surface area contributed by atoms with Crippen LogP contribution in [-0.4, -0.2) is 44.3 Å². The number of nitrogens with zero attached hydrogens (tertiary/aromatic N) is 3. The van der Waals surface area contributed by atoms with E-state index < -0.39 is 5.60 Å². The van der Waals surface area contributed by atoms with Gasteiger partial charge in [-0.2, -0.15) is 5.10 Å². The largest absolute Gasteiger partial charge is 0.444 e. The van der Waals surface area contributed by atoms with Gasteiger partial charge in [0.15, 0.2) is 0 Å². The SMILES string of the molecule is CC(C)(C)OC(=O)N1CCC(c2cc(=O)[nH]c3c4c(-c5ccccc5)cccc4nn23)CC1. The highest BCUT2D eigenvalue weighted by Crippen LogP contribution is 2.33. The van der Waals surface area contributed by atoms with E-state index in [1.807, 2.05) is 55.6 Å². The van der Waals surface area contributed by atoms with Gasteiger partial charge in [0.05, 0.1) is 16.6 Å². The first-order valence-corrected chi connectivity index (χ1v) is 11.4. The van der Waals surface area contributed by atoms with Crippen LogP contribution in [-0.2, 0) is 4.74 Å². The molecule has 2 aromatic heterocycles. The van der Waals surface area contributed by atoms with E-state index in [0.29, 0.717) is 18.7 Å². The molecule has 0 bridgehead atoms. The van der Waals surface area contributed by atoms with E-state index in [1.54, 1.807) is 11.0 Å². The zero-order valence-electron chi connectivity index (χ0n) is 19.2. The van der Waals surface area contributed by atoms with E-state index in [0.717, 1.165) is 40.6 Å². The summed E-state index contributed by atoms with van der Waals surface area (Å²) in [7, 11) is 0. The van der Waals surface area contributed by atoms with E-state index in [1.165, 1.54) is 0 Å². The lowest BCUT2D eigenvalue weighted by Gasteiger charge is -2.33. The lowest BCUT2D eigenvalue weighted by atomic mass is 9.93. The molecule has 1 N–H and O–H groups in total. The molecule has 0 radical (unpaired) electrons. The van der Waals surface area contributed by atoms with E-state index >= 15 is 0 Å². The quantitative estimate of drug-likeness (QED) is 0.474. The summed E-state index contributed by atoms with van der Waals surface area (Å²) in [5.74, 6) is 0.128. The van der Waals surface area contributed by atoms with Crippen molar-refractivity contribution < 1.29 is 9.53 Å². The van der Waals surface area contributed by atoms with Crippen LogP contribution in [0.1, 0.15) is 45.2 Å². The van der Waals surface area contributed by atoms with Crippen molar-refractivity contribution in [1.82, 2.24) is 19.5 Å². The van der Waals surface area contributed by atoms with Gasteiger partial charge in [0.2, 0.25) is 0 Å². The van der Waals surface area contributed by atoms with Crippen LogP contribution in [0.3, 0.4) is 0 Å². The normalized spacial score (nSPS) is 15.3. The molecule has 2 aromatic carbocycles. The molecular formula is C26H28N4O3. The molecule has 0 unspecified atom stereocenters. The van der Waals surface area contributed by atoms with E-state index in [9.17, 15) is 9.59 Å². The van der Waals surface area contributed by atoms with Crippen LogP contribution >= 0.6 is 0 Å². The number of hydrogen-bond acceptors (Lipinski definition) is 4. The molecule has 3 heterocycles. The van der Waals surface area contributed by atoms with Crippen molar-refractivity contribution in [3.8, 4) is 11.1 Å². The highest BCUT2D eigenvalue weighted by molar-refractivity contribution is 6.03. The summed E-state index contributed by atoms with van der Waals surface area (Å²) < 4.78 is 7.40. The third kappa shape index (κ3) is 4.11. The van der Waals surface area contributed by atoms with Crippen molar-refractivity contribution in [2.24, 2.45) is 0 Å². The fourth-order valence-electron chi connectivity index (χ4n) is 4.62. The Morgan fingerprint density at radius 2 is 1.79 bits per heavy atom. The molecule has 1 aliphatic rings. The molecular weight excluding hydrogens is 416 g/mol. The van der Waals surface area contributed by atoms with Crippen molar-refractivity contribution >= 4 is 22.6 Å². The number of likely N-dealkylation sites (tertiary alicyclic amines) is 1. The second-order valence-electron chi connectivity index (χ2n) is 9.63. The number of carbonyl (C=O) groups is 1. The Balaban J connectivity index is 1.52. The number of carbonyl (C=O) groups excluding carboxylic acids is 1. The smallest absolute Gasteiger partial charge is 0.410 e. The number of nitrogens with one attached hydrogen (secondary N) is 1.